The van der Waals surface area contributed by atoms with E-state index in [-0.39, 0.29) is 6.10 Å². The molecule has 1 aliphatic rings. The van der Waals surface area contributed by atoms with E-state index in [4.69, 9.17) is 0 Å². The molecule has 0 radical (unpaired) electrons. The number of rotatable bonds is 7. The lowest BCUT2D eigenvalue weighted by atomic mass is 10.1. The summed E-state index contributed by atoms with van der Waals surface area (Å²) in [5.74, 6) is 0.495. The number of nitrogens with zero attached hydrogens (tertiary/aromatic N) is 2. The molecule has 2 unspecified atom stereocenters. The zero-order valence-electron chi connectivity index (χ0n) is 14.5. The van der Waals surface area contributed by atoms with Gasteiger partial charge in [0.1, 0.15) is 0 Å². The normalized spacial score (nSPS) is 21.7. The smallest absolute Gasteiger partial charge is 0.0953 e. The van der Waals surface area contributed by atoms with Crippen LogP contribution in [0.2, 0.25) is 0 Å². The fraction of sp³-hybridized carbons (Fsp3) is 0.526. The van der Waals surface area contributed by atoms with Crippen LogP contribution in [0, 0.1) is 0 Å². The van der Waals surface area contributed by atoms with Crippen molar-refractivity contribution in [2.24, 2.45) is 0 Å². The first-order valence-electron chi connectivity index (χ1n) is 8.73. The Kier molecular flexibility index (Phi) is 6.00. The first-order chi connectivity index (χ1) is 11.6. The molecule has 0 bridgehead atoms. The first kappa shape index (κ1) is 17.5. The Bertz CT molecular complexity index is 629. The van der Waals surface area contributed by atoms with Gasteiger partial charge in [-0.25, -0.2) is 4.98 Å². The summed E-state index contributed by atoms with van der Waals surface area (Å²) in [7, 11) is 0. The maximum absolute atomic E-state index is 10.1. The van der Waals surface area contributed by atoms with Crippen molar-refractivity contribution in [2.75, 3.05) is 13.1 Å². The summed E-state index contributed by atoms with van der Waals surface area (Å²) in [6.07, 6.45) is 2.62. The second kappa shape index (κ2) is 8.21. The molecule has 1 fully saturated rings. The van der Waals surface area contributed by atoms with Crippen LogP contribution in [0.5, 0.6) is 0 Å². The quantitative estimate of drug-likeness (QED) is 0.810. The molecule has 1 saturated heterocycles. The number of aliphatic hydroxyl groups is 1. The van der Waals surface area contributed by atoms with Gasteiger partial charge in [-0.1, -0.05) is 44.2 Å². The Labute approximate surface area is 148 Å². The molecule has 24 heavy (non-hydrogen) atoms. The average molecular weight is 346 g/mol. The molecule has 2 N–H and O–H groups in total. The number of nitrogens with one attached hydrogen (secondary N) is 1. The molecule has 0 amide bonds. The van der Waals surface area contributed by atoms with Crippen molar-refractivity contribution in [1.29, 1.82) is 0 Å². The monoisotopic (exact) mass is 345 g/mol. The van der Waals surface area contributed by atoms with Crippen LogP contribution in [0.25, 0.3) is 0 Å². The lowest BCUT2D eigenvalue weighted by molar-refractivity contribution is 0.172. The molecule has 0 saturated carbocycles. The Morgan fingerprint density at radius 3 is 2.83 bits per heavy atom. The summed E-state index contributed by atoms with van der Waals surface area (Å²) in [5.41, 5.74) is 1.31. The summed E-state index contributed by atoms with van der Waals surface area (Å²) < 4.78 is 0. The van der Waals surface area contributed by atoms with E-state index in [1.165, 1.54) is 15.4 Å². The largest absolute Gasteiger partial charge is 0.392 e. The van der Waals surface area contributed by atoms with Crippen LogP contribution in [0.3, 0.4) is 0 Å². The standard InChI is InChI=1S/C19H27N3OS/c1-14(2)19-21-11-18(24-19)10-20-9-16-8-17(23)13-22(16)12-15-6-4-3-5-7-15/h3-7,11,14,16-17,20,23H,8-10,12-13H2,1-2H3. The van der Waals surface area contributed by atoms with Crippen LogP contribution in [-0.2, 0) is 13.1 Å². The number of β-amino-alcohol motifs (C(OH)–C–C–N with tert-alkyl or cyclic N) is 1. The molecular formula is C19H27N3OS. The van der Waals surface area contributed by atoms with Gasteiger partial charge in [-0.05, 0) is 12.0 Å². The molecule has 2 aromatic rings. The summed E-state index contributed by atoms with van der Waals surface area (Å²) in [6, 6.07) is 10.9. The summed E-state index contributed by atoms with van der Waals surface area (Å²) in [4.78, 5) is 8.15. The minimum absolute atomic E-state index is 0.212. The number of likely N-dealkylation sites (tertiary alicyclic amines) is 1. The molecule has 0 aliphatic carbocycles. The third kappa shape index (κ3) is 4.63. The molecule has 130 valence electrons. The molecule has 1 aromatic heterocycles. The number of aromatic nitrogens is 1. The van der Waals surface area contributed by atoms with Crippen LogP contribution in [0.4, 0.5) is 0 Å². The van der Waals surface area contributed by atoms with Crippen LogP contribution >= 0.6 is 11.3 Å². The van der Waals surface area contributed by atoms with Crippen molar-refractivity contribution < 1.29 is 5.11 Å². The lowest BCUT2D eigenvalue weighted by Gasteiger charge is -2.24. The van der Waals surface area contributed by atoms with Crippen LogP contribution in [-0.4, -0.2) is 40.2 Å². The highest BCUT2D eigenvalue weighted by atomic mass is 32.1. The predicted molar refractivity (Wildman–Crippen MR) is 99.2 cm³/mol. The number of hydrogen-bond acceptors (Lipinski definition) is 5. The first-order valence-corrected chi connectivity index (χ1v) is 9.55. The topological polar surface area (TPSA) is 48.4 Å². The van der Waals surface area contributed by atoms with E-state index in [0.29, 0.717) is 12.0 Å². The fourth-order valence-corrected chi connectivity index (χ4v) is 4.10. The van der Waals surface area contributed by atoms with Crippen LogP contribution < -0.4 is 5.32 Å². The van der Waals surface area contributed by atoms with Gasteiger partial charge in [0, 0.05) is 49.2 Å². The SMILES string of the molecule is CC(C)c1ncc(CNCC2CC(O)CN2Cc2ccccc2)s1. The number of aliphatic hydroxyl groups excluding tert-OH is 1. The maximum atomic E-state index is 10.1. The molecule has 1 aromatic carbocycles. The summed E-state index contributed by atoms with van der Waals surface area (Å²) in [5, 5.41) is 14.8. The van der Waals surface area contributed by atoms with Crippen LogP contribution in [0.15, 0.2) is 36.5 Å². The van der Waals surface area contributed by atoms with E-state index in [2.05, 4.69) is 53.3 Å². The van der Waals surface area contributed by atoms with Gasteiger partial charge in [-0.15, -0.1) is 11.3 Å². The van der Waals surface area contributed by atoms with E-state index in [1.54, 1.807) is 11.3 Å². The molecule has 0 spiro atoms. The minimum Gasteiger partial charge on any atom is -0.392 e. The van der Waals surface area contributed by atoms with Crippen molar-refractivity contribution in [3.8, 4) is 0 Å². The molecular weight excluding hydrogens is 318 g/mol. The van der Waals surface area contributed by atoms with Crippen molar-refractivity contribution in [3.63, 3.8) is 0 Å². The predicted octanol–water partition coefficient (Wildman–Crippen LogP) is 2.99. The molecule has 2 heterocycles. The highest BCUT2D eigenvalue weighted by Gasteiger charge is 2.30. The van der Waals surface area contributed by atoms with E-state index >= 15 is 0 Å². The van der Waals surface area contributed by atoms with Gasteiger partial charge in [0.05, 0.1) is 11.1 Å². The Morgan fingerprint density at radius 2 is 2.12 bits per heavy atom. The lowest BCUT2D eigenvalue weighted by Crippen LogP contribution is -2.37. The summed E-state index contributed by atoms with van der Waals surface area (Å²) in [6.45, 7) is 7.78. The van der Waals surface area contributed by atoms with Gasteiger partial charge in [0.2, 0.25) is 0 Å². The second-order valence-corrected chi connectivity index (χ2v) is 8.06. The second-order valence-electron chi connectivity index (χ2n) is 6.91. The van der Waals surface area contributed by atoms with Gasteiger partial charge >= 0.3 is 0 Å². The third-order valence-electron chi connectivity index (χ3n) is 4.48. The van der Waals surface area contributed by atoms with Gasteiger partial charge in [0.15, 0.2) is 0 Å². The average Bonchev–Trinajstić information content (AvgIpc) is 3.16. The van der Waals surface area contributed by atoms with Gasteiger partial charge < -0.3 is 10.4 Å². The molecule has 4 nitrogen and oxygen atoms in total. The van der Waals surface area contributed by atoms with E-state index in [1.807, 2.05) is 12.3 Å². The number of hydrogen-bond donors (Lipinski definition) is 2. The molecule has 1 aliphatic heterocycles. The van der Waals surface area contributed by atoms with E-state index in [9.17, 15) is 5.11 Å². The highest BCUT2D eigenvalue weighted by molar-refractivity contribution is 7.11. The van der Waals surface area contributed by atoms with Crippen molar-refractivity contribution >= 4 is 11.3 Å². The minimum atomic E-state index is -0.212. The van der Waals surface area contributed by atoms with E-state index < -0.39 is 0 Å². The van der Waals surface area contributed by atoms with Crippen LogP contribution in [0.1, 0.15) is 41.6 Å². The number of benzene rings is 1. The number of thiazole rings is 1. The van der Waals surface area contributed by atoms with Crippen molar-refractivity contribution in [2.45, 2.75) is 51.4 Å². The van der Waals surface area contributed by atoms with Gasteiger partial charge in [0.25, 0.3) is 0 Å². The zero-order valence-corrected chi connectivity index (χ0v) is 15.3. The molecule has 2 atom stereocenters. The van der Waals surface area contributed by atoms with E-state index in [0.717, 1.165) is 32.6 Å². The molecule has 3 rings (SSSR count). The third-order valence-corrected chi connectivity index (χ3v) is 5.78. The van der Waals surface area contributed by atoms with Gasteiger partial charge in [-0.2, -0.15) is 0 Å². The van der Waals surface area contributed by atoms with Crippen molar-refractivity contribution in [1.82, 2.24) is 15.2 Å². The zero-order chi connectivity index (χ0) is 16.9. The highest BCUT2D eigenvalue weighted by Crippen LogP contribution is 2.22. The Morgan fingerprint density at radius 1 is 1.33 bits per heavy atom. The van der Waals surface area contributed by atoms with Crippen molar-refractivity contribution in [3.05, 3.63) is 52.0 Å². The maximum Gasteiger partial charge on any atom is 0.0953 e. The fourth-order valence-electron chi connectivity index (χ4n) is 3.21. The Balaban J connectivity index is 1.51. The molecule has 5 heteroatoms. The summed E-state index contributed by atoms with van der Waals surface area (Å²) >= 11 is 1.79. The Hall–Kier alpha value is -1.27. The van der Waals surface area contributed by atoms with Gasteiger partial charge in [-0.3, -0.25) is 4.90 Å².